The normalized spacial score (nSPS) is 22.5. The van der Waals surface area contributed by atoms with Crippen LogP contribution in [-0.2, 0) is 16.0 Å². The lowest BCUT2D eigenvalue weighted by atomic mass is 9.38. The fourth-order valence-corrected chi connectivity index (χ4v) is 5.34. The number of halogens is 2. The van der Waals surface area contributed by atoms with Crippen molar-refractivity contribution in [1.29, 1.82) is 0 Å². The average Bonchev–Trinajstić information content (AvgIpc) is 2.75. The first kappa shape index (κ1) is 23.4. The molecule has 3 saturated carbocycles. The lowest BCUT2D eigenvalue weighted by Crippen LogP contribution is -2.75. The molecule has 8 heteroatoms. The number of rotatable bonds is 11. The molecule has 5 rings (SSSR count). The molecule has 0 unspecified atom stereocenters. The molecular weight excluding hydrogens is 449 g/mol. The summed E-state index contributed by atoms with van der Waals surface area (Å²) in [6.45, 7) is -0.197. The third kappa shape index (κ3) is 5.08. The van der Waals surface area contributed by atoms with E-state index in [1.54, 1.807) is 14.2 Å². The van der Waals surface area contributed by atoms with E-state index in [1.165, 1.54) is 12.1 Å². The van der Waals surface area contributed by atoms with E-state index in [1.807, 2.05) is 18.2 Å². The van der Waals surface area contributed by atoms with Crippen LogP contribution >= 0.6 is 11.6 Å². The first-order valence-corrected chi connectivity index (χ1v) is 11.2. The molecule has 0 heterocycles. The van der Waals surface area contributed by atoms with E-state index in [0.717, 1.165) is 42.4 Å². The van der Waals surface area contributed by atoms with Crippen molar-refractivity contribution in [1.82, 2.24) is 5.32 Å². The van der Waals surface area contributed by atoms with Crippen LogP contribution in [0.25, 0.3) is 0 Å². The molecular formula is C25H27ClFNO5. The molecule has 1 amide bonds. The Morgan fingerprint density at radius 3 is 2.45 bits per heavy atom. The maximum absolute atomic E-state index is 13.5. The molecule has 2 aromatic rings. The maximum atomic E-state index is 13.5. The number of hydrogen-bond donors (Lipinski definition) is 1. The summed E-state index contributed by atoms with van der Waals surface area (Å²) >= 11 is 5.64. The van der Waals surface area contributed by atoms with Gasteiger partial charge in [-0.3, -0.25) is 9.59 Å². The fraction of sp³-hybridized carbons (Fsp3) is 0.440. The first-order chi connectivity index (χ1) is 15.8. The molecule has 0 atom stereocenters. The van der Waals surface area contributed by atoms with Crippen molar-refractivity contribution in [3.8, 4) is 17.2 Å². The van der Waals surface area contributed by atoms with Gasteiger partial charge in [0.15, 0.2) is 6.61 Å². The van der Waals surface area contributed by atoms with Crippen molar-refractivity contribution < 1.29 is 28.2 Å². The zero-order valence-electron chi connectivity index (χ0n) is 18.7. The minimum absolute atomic E-state index is 0.00291. The van der Waals surface area contributed by atoms with E-state index in [2.05, 4.69) is 5.32 Å². The Hall–Kier alpha value is -2.80. The number of carbonyl (C=O) groups is 2. The van der Waals surface area contributed by atoms with Crippen LogP contribution in [-0.4, -0.2) is 38.1 Å². The molecule has 2 bridgehead atoms. The van der Waals surface area contributed by atoms with Crippen LogP contribution < -0.4 is 19.5 Å². The Morgan fingerprint density at radius 1 is 1.06 bits per heavy atom. The van der Waals surface area contributed by atoms with Gasteiger partial charge in [0.05, 0.1) is 19.2 Å². The Morgan fingerprint density at radius 2 is 1.79 bits per heavy atom. The van der Waals surface area contributed by atoms with E-state index in [9.17, 15) is 14.0 Å². The van der Waals surface area contributed by atoms with Gasteiger partial charge in [-0.15, -0.1) is 0 Å². The molecule has 3 aliphatic carbocycles. The van der Waals surface area contributed by atoms with Gasteiger partial charge < -0.3 is 19.5 Å². The number of hydrogen-bond acceptors (Lipinski definition) is 5. The van der Waals surface area contributed by atoms with Crippen LogP contribution in [0.5, 0.6) is 17.2 Å². The summed E-state index contributed by atoms with van der Waals surface area (Å²) < 4.78 is 29.5. The number of methoxy groups -OCH3 is 2. The Labute approximate surface area is 197 Å². The van der Waals surface area contributed by atoms with Crippen LogP contribution in [0.4, 0.5) is 4.39 Å². The Balaban J connectivity index is 1.20. The van der Waals surface area contributed by atoms with Gasteiger partial charge in [-0.1, -0.05) is 11.6 Å². The number of ether oxygens (including phenoxy) is 3. The summed E-state index contributed by atoms with van der Waals surface area (Å²) in [5.41, 5.74) is 0.720. The van der Waals surface area contributed by atoms with Crippen molar-refractivity contribution in [3.05, 3.63) is 52.8 Å². The third-order valence-electron chi connectivity index (χ3n) is 6.54. The molecule has 1 N–H and O–H groups in total. The summed E-state index contributed by atoms with van der Waals surface area (Å²) in [5.74, 6) is 1.10. The largest absolute Gasteiger partial charge is 0.497 e. The second kappa shape index (κ2) is 9.21. The van der Waals surface area contributed by atoms with Crippen molar-refractivity contribution in [3.63, 3.8) is 0 Å². The minimum Gasteiger partial charge on any atom is -0.497 e. The lowest BCUT2D eigenvalue weighted by Gasteiger charge is -2.70. The second-order valence-corrected chi connectivity index (χ2v) is 9.52. The van der Waals surface area contributed by atoms with Gasteiger partial charge in [-0.05, 0) is 67.0 Å². The molecule has 3 fully saturated rings. The zero-order chi connectivity index (χ0) is 23.6. The van der Waals surface area contributed by atoms with Gasteiger partial charge in [-0.25, -0.2) is 4.39 Å². The molecule has 2 aromatic carbocycles. The third-order valence-corrected chi connectivity index (χ3v) is 6.85. The minimum atomic E-state index is -0.592. The van der Waals surface area contributed by atoms with Crippen molar-refractivity contribution in [2.24, 2.45) is 5.41 Å². The van der Waals surface area contributed by atoms with Gasteiger partial charge in [0.25, 0.3) is 5.91 Å². The molecule has 0 saturated heterocycles. The molecule has 176 valence electrons. The highest BCUT2D eigenvalue weighted by Crippen LogP contribution is 2.69. The molecule has 0 aromatic heterocycles. The highest BCUT2D eigenvalue weighted by atomic mass is 35.5. The van der Waals surface area contributed by atoms with Gasteiger partial charge in [-0.2, -0.15) is 0 Å². The van der Waals surface area contributed by atoms with Crippen LogP contribution in [0.3, 0.4) is 0 Å². The predicted octanol–water partition coefficient (Wildman–Crippen LogP) is 4.51. The fourth-order valence-electron chi connectivity index (χ4n) is 5.22. The van der Waals surface area contributed by atoms with Gasteiger partial charge in [0.2, 0.25) is 0 Å². The number of ketones is 1. The Bertz CT molecular complexity index is 1050. The van der Waals surface area contributed by atoms with Crippen LogP contribution in [0.2, 0.25) is 5.02 Å². The number of benzene rings is 2. The van der Waals surface area contributed by atoms with Gasteiger partial charge >= 0.3 is 0 Å². The van der Waals surface area contributed by atoms with Gasteiger partial charge in [0, 0.05) is 24.4 Å². The molecule has 0 radical (unpaired) electrons. The average molecular weight is 476 g/mol. The first-order valence-electron chi connectivity index (χ1n) is 10.9. The summed E-state index contributed by atoms with van der Waals surface area (Å²) in [5, 5.41) is 3.02. The van der Waals surface area contributed by atoms with Crippen LogP contribution in [0.1, 0.15) is 37.7 Å². The highest BCUT2D eigenvalue weighted by Gasteiger charge is 2.68. The lowest BCUT2D eigenvalue weighted by molar-refractivity contribution is -0.172. The maximum Gasteiger partial charge on any atom is 0.258 e. The number of aryl methyl sites for hydroxylation is 1. The predicted molar refractivity (Wildman–Crippen MR) is 122 cm³/mol. The summed E-state index contributed by atoms with van der Waals surface area (Å²) in [4.78, 5) is 24.9. The Kier molecular flexibility index (Phi) is 6.52. The van der Waals surface area contributed by atoms with E-state index >= 15 is 0 Å². The van der Waals surface area contributed by atoms with Crippen molar-refractivity contribution in [2.45, 2.75) is 44.1 Å². The molecule has 33 heavy (non-hydrogen) atoms. The summed E-state index contributed by atoms with van der Waals surface area (Å²) in [6, 6.07) is 9.63. The molecule has 3 aliphatic rings. The number of carbonyl (C=O) groups excluding carboxylic acids is 2. The monoisotopic (exact) mass is 475 g/mol. The van der Waals surface area contributed by atoms with Crippen LogP contribution in [0.15, 0.2) is 36.4 Å². The van der Waals surface area contributed by atoms with E-state index in [4.69, 9.17) is 25.8 Å². The SMILES string of the molecule is COc1ccc(OC)c(CCC(=O)CC23CC(NC(=O)COc4ccc(Cl)c(F)c4)(C2)C3)c1. The molecule has 0 spiro atoms. The van der Waals surface area contributed by atoms with Crippen molar-refractivity contribution >= 4 is 23.3 Å². The van der Waals surface area contributed by atoms with Crippen LogP contribution in [0, 0.1) is 11.2 Å². The quantitative estimate of drug-likeness (QED) is 0.517. The smallest absolute Gasteiger partial charge is 0.258 e. The van der Waals surface area contributed by atoms with Crippen molar-refractivity contribution in [2.75, 3.05) is 20.8 Å². The molecule has 6 nitrogen and oxygen atoms in total. The number of Topliss-reactive ketones (excluding diaryl/α,β-unsaturated/α-hetero) is 1. The van der Waals surface area contributed by atoms with Gasteiger partial charge in [0.1, 0.15) is 28.8 Å². The number of nitrogens with one attached hydrogen (secondary N) is 1. The summed E-state index contributed by atoms with van der Waals surface area (Å²) in [6.07, 6.45) is 3.97. The topological polar surface area (TPSA) is 73.9 Å². The zero-order valence-corrected chi connectivity index (χ0v) is 19.5. The number of amides is 1. The van der Waals surface area contributed by atoms with E-state index in [0.29, 0.717) is 19.3 Å². The van der Waals surface area contributed by atoms with E-state index in [-0.39, 0.29) is 40.0 Å². The highest BCUT2D eigenvalue weighted by molar-refractivity contribution is 6.30. The second-order valence-electron chi connectivity index (χ2n) is 9.12. The molecule has 0 aliphatic heterocycles. The standard InChI is InChI=1S/C25H27ClFNO5/c1-31-18-6-8-22(32-2)16(9-18)3-4-17(29)11-24-13-25(14-24,15-24)28-23(30)12-33-19-5-7-20(26)21(27)10-19/h5-10H,3-4,11-15H2,1-2H3,(H,28,30). The summed E-state index contributed by atoms with van der Waals surface area (Å²) in [7, 11) is 3.22. The van der Waals surface area contributed by atoms with E-state index < -0.39 is 5.82 Å².